The van der Waals surface area contributed by atoms with Gasteiger partial charge in [-0.15, -0.1) is 0 Å². The summed E-state index contributed by atoms with van der Waals surface area (Å²) in [4.78, 5) is 11.9. The lowest BCUT2D eigenvalue weighted by atomic mass is 9.69. The number of aryl methyl sites for hydroxylation is 1. The molecule has 4 nitrogen and oxygen atoms in total. The molecule has 0 N–H and O–H groups in total. The normalized spacial score (nSPS) is 19.7. The summed E-state index contributed by atoms with van der Waals surface area (Å²) in [6, 6.07) is 7.11. The fourth-order valence-corrected chi connectivity index (χ4v) is 2.89. The minimum atomic E-state index is -3.79. The van der Waals surface area contributed by atoms with E-state index in [1.165, 1.54) is 13.8 Å². The molecule has 0 spiro atoms. The summed E-state index contributed by atoms with van der Waals surface area (Å²) >= 11 is 0. The second-order valence-electron chi connectivity index (χ2n) is 7.74. The van der Waals surface area contributed by atoms with E-state index in [0.717, 1.165) is 5.56 Å². The van der Waals surface area contributed by atoms with Crippen molar-refractivity contribution >= 4 is 18.6 Å². The van der Waals surface area contributed by atoms with E-state index in [2.05, 4.69) is 4.74 Å². The zero-order valence-electron chi connectivity index (χ0n) is 17.0. The van der Waals surface area contributed by atoms with Crippen molar-refractivity contribution in [3.8, 4) is 0 Å². The minimum absolute atomic E-state index is 0.127. The lowest BCUT2D eigenvalue weighted by molar-refractivity contribution is -0.165. The van der Waals surface area contributed by atoms with Crippen LogP contribution in [0.15, 0.2) is 29.8 Å². The molecular weight excluding hydrogens is 353 g/mol. The van der Waals surface area contributed by atoms with Crippen LogP contribution in [-0.4, -0.2) is 36.8 Å². The quantitative estimate of drug-likeness (QED) is 0.553. The average molecular weight is 380 g/mol. The molecule has 1 aromatic rings. The number of esters is 1. The molecular formula is C20H27BF2O4. The summed E-state index contributed by atoms with van der Waals surface area (Å²) in [6.45, 7) is 11.8. The summed E-state index contributed by atoms with van der Waals surface area (Å²) < 4.78 is 46.4. The number of alkyl halides is 2. The van der Waals surface area contributed by atoms with Crippen molar-refractivity contribution in [1.29, 1.82) is 0 Å². The first-order chi connectivity index (χ1) is 12.3. The summed E-state index contributed by atoms with van der Waals surface area (Å²) in [6.07, 6.45) is 0. The predicted octanol–water partition coefficient (Wildman–Crippen LogP) is 4.60. The lowest BCUT2D eigenvalue weighted by Crippen LogP contribution is -2.41. The van der Waals surface area contributed by atoms with E-state index in [-0.39, 0.29) is 12.1 Å². The predicted molar refractivity (Wildman–Crippen MR) is 101 cm³/mol. The van der Waals surface area contributed by atoms with Crippen molar-refractivity contribution in [2.75, 3.05) is 6.61 Å². The Morgan fingerprint density at radius 1 is 1.15 bits per heavy atom. The van der Waals surface area contributed by atoms with Crippen LogP contribution in [0.5, 0.6) is 0 Å². The molecule has 148 valence electrons. The number of benzene rings is 1. The number of rotatable bonds is 5. The van der Waals surface area contributed by atoms with Crippen LogP contribution in [0.1, 0.15) is 52.7 Å². The zero-order chi connectivity index (χ0) is 20.6. The van der Waals surface area contributed by atoms with Crippen LogP contribution in [0.4, 0.5) is 8.78 Å². The first kappa shape index (κ1) is 21.6. The van der Waals surface area contributed by atoms with Gasteiger partial charge in [0.15, 0.2) is 0 Å². The maximum Gasteiger partial charge on any atom is 0.495 e. The van der Waals surface area contributed by atoms with E-state index >= 15 is 0 Å². The van der Waals surface area contributed by atoms with Crippen molar-refractivity contribution in [2.45, 2.75) is 65.6 Å². The molecule has 1 aliphatic heterocycles. The smallest absolute Gasteiger partial charge is 0.461 e. The Morgan fingerprint density at radius 3 is 2.15 bits per heavy atom. The molecule has 0 radical (unpaired) electrons. The summed E-state index contributed by atoms with van der Waals surface area (Å²) in [5, 5.41) is 0. The fourth-order valence-electron chi connectivity index (χ4n) is 2.89. The van der Waals surface area contributed by atoms with Crippen LogP contribution in [0.25, 0.3) is 5.47 Å². The van der Waals surface area contributed by atoms with Crippen molar-refractivity contribution in [2.24, 2.45) is 0 Å². The van der Waals surface area contributed by atoms with Gasteiger partial charge in [0.1, 0.15) is 0 Å². The highest BCUT2D eigenvalue weighted by Crippen LogP contribution is 2.44. The molecule has 0 aromatic heterocycles. The van der Waals surface area contributed by atoms with Crippen molar-refractivity contribution in [3.63, 3.8) is 0 Å². The molecule has 1 aromatic carbocycles. The van der Waals surface area contributed by atoms with E-state index in [1.54, 1.807) is 12.1 Å². The molecule has 0 atom stereocenters. The standard InChI is InChI=1S/C20H27BF2O4/c1-8-25-17(24)20(22,23)14(3)16(15-12-10-9-11-13(15)2)21-26-18(4,5)19(6,7)27-21/h9-12H,8H2,1-7H3/b16-14+. The van der Waals surface area contributed by atoms with Crippen molar-refractivity contribution in [1.82, 2.24) is 0 Å². The fraction of sp³-hybridized carbons (Fsp3) is 0.550. The Morgan fingerprint density at radius 2 is 1.67 bits per heavy atom. The molecule has 1 heterocycles. The SMILES string of the molecule is CCOC(=O)C(F)(F)/C(C)=C(/B1OC(C)(C)C(C)(C)O1)c1ccccc1C. The van der Waals surface area contributed by atoms with E-state index in [0.29, 0.717) is 5.56 Å². The number of ether oxygens (including phenoxy) is 1. The molecule has 1 fully saturated rings. The van der Waals surface area contributed by atoms with E-state index in [1.807, 2.05) is 46.8 Å². The van der Waals surface area contributed by atoms with Gasteiger partial charge in [-0.2, -0.15) is 8.78 Å². The van der Waals surface area contributed by atoms with Gasteiger partial charge in [0.25, 0.3) is 0 Å². The molecule has 1 saturated heterocycles. The number of carbonyl (C=O) groups excluding carboxylic acids is 1. The third kappa shape index (κ3) is 3.94. The Hall–Kier alpha value is -1.73. The molecule has 0 amide bonds. The maximum absolute atomic E-state index is 14.9. The van der Waals surface area contributed by atoms with E-state index in [4.69, 9.17) is 9.31 Å². The van der Waals surface area contributed by atoms with Gasteiger partial charge in [-0.25, -0.2) is 4.79 Å². The molecule has 1 aliphatic rings. The van der Waals surface area contributed by atoms with Gasteiger partial charge < -0.3 is 14.0 Å². The summed E-state index contributed by atoms with van der Waals surface area (Å²) in [7, 11) is -1.03. The number of hydrogen-bond acceptors (Lipinski definition) is 4. The van der Waals surface area contributed by atoms with Gasteiger partial charge in [0.2, 0.25) is 0 Å². The average Bonchev–Trinajstić information content (AvgIpc) is 2.77. The number of hydrogen-bond donors (Lipinski definition) is 0. The highest BCUT2D eigenvalue weighted by molar-refractivity contribution is 6.69. The molecule has 0 saturated carbocycles. The third-order valence-electron chi connectivity index (χ3n) is 5.33. The number of halogens is 2. The van der Waals surface area contributed by atoms with Gasteiger partial charge in [0, 0.05) is 5.57 Å². The Labute approximate surface area is 160 Å². The zero-order valence-corrected chi connectivity index (χ0v) is 17.0. The summed E-state index contributed by atoms with van der Waals surface area (Å²) in [5.41, 5.74) is -0.354. The topological polar surface area (TPSA) is 44.8 Å². The van der Waals surface area contributed by atoms with E-state index in [9.17, 15) is 13.6 Å². The maximum atomic E-state index is 14.9. The van der Waals surface area contributed by atoms with Crippen LogP contribution in [0.3, 0.4) is 0 Å². The van der Waals surface area contributed by atoms with Crippen LogP contribution < -0.4 is 0 Å². The van der Waals surface area contributed by atoms with Crippen LogP contribution in [0, 0.1) is 6.92 Å². The Bertz CT molecular complexity index is 740. The third-order valence-corrected chi connectivity index (χ3v) is 5.33. The first-order valence-electron chi connectivity index (χ1n) is 9.03. The molecule has 0 bridgehead atoms. The van der Waals surface area contributed by atoms with E-state index < -0.39 is 35.8 Å². The lowest BCUT2D eigenvalue weighted by Gasteiger charge is -2.32. The van der Waals surface area contributed by atoms with Crippen LogP contribution >= 0.6 is 0 Å². The Balaban J connectivity index is 2.65. The molecule has 0 aliphatic carbocycles. The van der Waals surface area contributed by atoms with Crippen molar-refractivity contribution in [3.05, 3.63) is 41.0 Å². The largest absolute Gasteiger partial charge is 0.495 e. The van der Waals surface area contributed by atoms with Gasteiger partial charge in [0.05, 0.1) is 17.8 Å². The summed E-state index contributed by atoms with van der Waals surface area (Å²) in [5.74, 6) is -5.37. The first-order valence-corrected chi connectivity index (χ1v) is 9.03. The second kappa shape index (κ2) is 7.36. The van der Waals surface area contributed by atoms with Gasteiger partial charge in [-0.05, 0) is 65.1 Å². The molecule has 0 unspecified atom stereocenters. The highest BCUT2D eigenvalue weighted by Gasteiger charge is 2.55. The van der Waals surface area contributed by atoms with Crippen molar-refractivity contribution < 1.29 is 27.6 Å². The van der Waals surface area contributed by atoms with Gasteiger partial charge >= 0.3 is 19.0 Å². The monoisotopic (exact) mass is 380 g/mol. The van der Waals surface area contributed by atoms with Gasteiger partial charge in [-0.1, -0.05) is 24.3 Å². The minimum Gasteiger partial charge on any atom is -0.461 e. The second-order valence-corrected chi connectivity index (χ2v) is 7.74. The molecule has 2 rings (SSSR count). The molecule has 7 heteroatoms. The Kier molecular flexibility index (Phi) is 5.88. The van der Waals surface area contributed by atoms with Crippen LogP contribution in [-0.2, 0) is 18.8 Å². The molecule has 27 heavy (non-hydrogen) atoms. The van der Waals surface area contributed by atoms with Crippen LogP contribution in [0.2, 0.25) is 0 Å². The highest BCUT2D eigenvalue weighted by atomic mass is 19.3. The number of carbonyl (C=O) groups is 1. The van der Waals surface area contributed by atoms with Gasteiger partial charge in [-0.3, -0.25) is 0 Å².